The summed E-state index contributed by atoms with van der Waals surface area (Å²) in [6.45, 7) is 5.01. The van der Waals surface area contributed by atoms with E-state index >= 15 is 0 Å². The van der Waals surface area contributed by atoms with Crippen molar-refractivity contribution in [3.63, 3.8) is 0 Å². The van der Waals surface area contributed by atoms with Gasteiger partial charge < -0.3 is 15.4 Å². The third-order valence-corrected chi connectivity index (χ3v) is 3.14. The maximum atomic E-state index is 12.3. The van der Waals surface area contributed by atoms with Gasteiger partial charge in [0, 0.05) is 18.2 Å². The molecule has 124 valence electrons. The molecule has 2 N–H and O–H groups in total. The van der Waals surface area contributed by atoms with Gasteiger partial charge in [-0.05, 0) is 37.5 Å². The fourth-order valence-electron chi connectivity index (χ4n) is 2.04. The second-order valence-corrected chi connectivity index (χ2v) is 5.03. The number of benzene rings is 1. The number of carbonyl (C=O) groups excluding carboxylic acids is 3. The van der Waals surface area contributed by atoms with Crippen LogP contribution in [0.15, 0.2) is 36.9 Å². The van der Waals surface area contributed by atoms with Crippen LogP contribution < -0.4 is 10.6 Å². The Morgan fingerprint density at radius 2 is 2.09 bits per heavy atom. The highest BCUT2D eigenvalue weighted by Gasteiger charge is 2.21. The van der Waals surface area contributed by atoms with Crippen LogP contribution >= 0.6 is 0 Å². The van der Waals surface area contributed by atoms with E-state index in [1.807, 2.05) is 0 Å². The van der Waals surface area contributed by atoms with Crippen LogP contribution in [-0.4, -0.2) is 30.9 Å². The highest BCUT2D eigenvalue weighted by molar-refractivity contribution is 5.98. The maximum Gasteiger partial charge on any atom is 0.328 e. The highest BCUT2D eigenvalue weighted by atomic mass is 16.5. The summed E-state index contributed by atoms with van der Waals surface area (Å²) in [6, 6.07) is 5.79. The van der Waals surface area contributed by atoms with Crippen molar-refractivity contribution in [1.82, 2.24) is 5.32 Å². The molecule has 0 spiro atoms. The van der Waals surface area contributed by atoms with Gasteiger partial charge in [0.1, 0.15) is 6.04 Å². The Bertz CT molecular complexity index is 584. The zero-order valence-electron chi connectivity index (χ0n) is 13.4. The Balaban J connectivity index is 2.79. The lowest BCUT2D eigenvalue weighted by atomic mass is 10.1. The molecule has 0 radical (unpaired) electrons. The Hall–Kier alpha value is -2.63. The zero-order chi connectivity index (χ0) is 17.2. The minimum atomic E-state index is -0.711. The van der Waals surface area contributed by atoms with Crippen molar-refractivity contribution in [1.29, 1.82) is 0 Å². The number of methoxy groups -OCH3 is 1. The second kappa shape index (κ2) is 9.40. The predicted molar refractivity (Wildman–Crippen MR) is 88.1 cm³/mol. The summed E-state index contributed by atoms with van der Waals surface area (Å²) in [7, 11) is 1.28. The molecular formula is C17H22N2O4. The van der Waals surface area contributed by atoms with Crippen LogP contribution in [0.3, 0.4) is 0 Å². The molecule has 0 aliphatic carbocycles. The van der Waals surface area contributed by atoms with Gasteiger partial charge in [0.2, 0.25) is 5.91 Å². The number of nitrogens with one attached hydrogen (secondary N) is 2. The summed E-state index contributed by atoms with van der Waals surface area (Å²) in [5.41, 5.74) is 0.875. The normalized spacial score (nSPS) is 11.2. The van der Waals surface area contributed by atoms with E-state index in [2.05, 4.69) is 17.2 Å². The largest absolute Gasteiger partial charge is 0.467 e. The fraction of sp³-hybridized carbons (Fsp3) is 0.353. The van der Waals surface area contributed by atoms with Gasteiger partial charge in [-0.1, -0.05) is 12.1 Å². The van der Waals surface area contributed by atoms with Crippen LogP contribution in [0.5, 0.6) is 0 Å². The van der Waals surface area contributed by atoms with Gasteiger partial charge in [-0.15, -0.1) is 6.58 Å². The molecule has 1 atom stereocenters. The number of allylic oxidation sites excluding steroid dienone is 1. The minimum absolute atomic E-state index is 0.223. The van der Waals surface area contributed by atoms with E-state index in [-0.39, 0.29) is 5.91 Å². The molecule has 0 aliphatic rings. The quantitative estimate of drug-likeness (QED) is 0.437. The number of hydrogen-bond acceptors (Lipinski definition) is 4. The molecule has 0 heterocycles. The second-order valence-electron chi connectivity index (χ2n) is 5.03. The molecule has 2 amide bonds. The molecule has 23 heavy (non-hydrogen) atoms. The number of anilines is 1. The zero-order valence-corrected chi connectivity index (χ0v) is 13.4. The molecule has 0 saturated heterocycles. The van der Waals surface area contributed by atoms with Gasteiger partial charge >= 0.3 is 5.97 Å². The van der Waals surface area contributed by atoms with Crippen molar-refractivity contribution in [2.24, 2.45) is 0 Å². The summed E-state index contributed by atoms with van der Waals surface area (Å²) in [5, 5.41) is 5.27. The number of carbonyl (C=O) groups is 3. The smallest absolute Gasteiger partial charge is 0.328 e. The lowest BCUT2D eigenvalue weighted by Gasteiger charge is -2.16. The van der Waals surface area contributed by atoms with E-state index in [1.54, 1.807) is 30.3 Å². The summed E-state index contributed by atoms with van der Waals surface area (Å²) < 4.78 is 4.72. The first-order valence-corrected chi connectivity index (χ1v) is 7.35. The van der Waals surface area contributed by atoms with Gasteiger partial charge in [0.05, 0.1) is 7.11 Å². The molecule has 0 bridgehead atoms. The van der Waals surface area contributed by atoms with Crippen molar-refractivity contribution in [3.8, 4) is 0 Å². The number of unbranched alkanes of at least 4 members (excludes halogenated alkanes) is 1. The summed E-state index contributed by atoms with van der Waals surface area (Å²) >= 11 is 0. The van der Waals surface area contributed by atoms with Gasteiger partial charge in [0.15, 0.2) is 0 Å². The van der Waals surface area contributed by atoms with Gasteiger partial charge in [-0.3, -0.25) is 9.59 Å². The topological polar surface area (TPSA) is 84.5 Å². The van der Waals surface area contributed by atoms with Gasteiger partial charge in [-0.2, -0.15) is 0 Å². The lowest BCUT2D eigenvalue weighted by Crippen LogP contribution is -2.41. The molecule has 0 fully saturated rings. The molecule has 0 unspecified atom stereocenters. The van der Waals surface area contributed by atoms with E-state index in [0.29, 0.717) is 17.7 Å². The minimum Gasteiger partial charge on any atom is -0.467 e. The number of ether oxygens (including phenoxy) is 1. The molecule has 0 aliphatic heterocycles. The van der Waals surface area contributed by atoms with Crippen molar-refractivity contribution < 1.29 is 19.1 Å². The van der Waals surface area contributed by atoms with Crippen molar-refractivity contribution in [2.45, 2.75) is 32.2 Å². The first kappa shape index (κ1) is 18.4. The summed E-state index contributed by atoms with van der Waals surface area (Å²) in [4.78, 5) is 35.1. The SMILES string of the molecule is C=CCCC[C@@H](NC(=O)c1cccc(NC(C)=O)c1)C(=O)OC. The number of esters is 1. The summed E-state index contributed by atoms with van der Waals surface area (Å²) in [5.74, 6) is -1.11. The van der Waals surface area contributed by atoms with Crippen LogP contribution in [0.25, 0.3) is 0 Å². The van der Waals surface area contributed by atoms with Crippen LogP contribution in [0.4, 0.5) is 5.69 Å². The van der Waals surface area contributed by atoms with Crippen molar-refractivity contribution in [3.05, 3.63) is 42.5 Å². The molecule has 1 rings (SSSR count). The summed E-state index contributed by atoms with van der Waals surface area (Å²) in [6.07, 6.45) is 3.69. The molecule has 1 aromatic rings. The third kappa shape index (κ3) is 6.34. The highest BCUT2D eigenvalue weighted by Crippen LogP contribution is 2.12. The maximum absolute atomic E-state index is 12.3. The first-order valence-electron chi connectivity index (χ1n) is 7.35. The Morgan fingerprint density at radius 3 is 2.70 bits per heavy atom. The van der Waals surface area contributed by atoms with E-state index in [1.165, 1.54) is 14.0 Å². The molecule has 0 saturated carbocycles. The molecule has 0 aromatic heterocycles. The van der Waals surface area contributed by atoms with Crippen LogP contribution in [0.1, 0.15) is 36.5 Å². The number of amides is 2. The molecular weight excluding hydrogens is 296 g/mol. The first-order chi connectivity index (χ1) is 11.0. The Labute approximate surface area is 135 Å². The van der Waals surface area contributed by atoms with Crippen molar-refractivity contribution in [2.75, 3.05) is 12.4 Å². The predicted octanol–water partition coefficient (Wildman–Crippen LogP) is 2.27. The monoisotopic (exact) mass is 318 g/mol. The fourth-order valence-corrected chi connectivity index (χ4v) is 2.04. The lowest BCUT2D eigenvalue weighted by molar-refractivity contribution is -0.143. The van der Waals surface area contributed by atoms with Crippen molar-refractivity contribution >= 4 is 23.5 Å². The van der Waals surface area contributed by atoms with Crippen LogP contribution in [0, 0.1) is 0 Å². The van der Waals surface area contributed by atoms with Crippen LogP contribution in [-0.2, 0) is 14.3 Å². The van der Waals surface area contributed by atoms with Gasteiger partial charge in [-0.25, -0.2) is 4.79 Å². The average Bonchev–Trinajstić information content (AvgIpc) is 2.52. The molecule has 1 aromatic carbocycles. The average molecular weight is 318 g/mol. The standard InChI is InChI=1S/C17H22N2O4/c1-4-5-6-10-15(17(22)23-3)19-16(21)13-8-7-9-14(11-13)18-12(2)20/h4,7-9,11,15H,1,5-6,10H2,2-3H3,(H,18,20)(H,19,21)/t15-/m1/s1. The third-order valence-electron chi connectivity index (χ3n) is 3.14. The Kier molecular flexibility index (Phi) is 7.53. The number of rotatable bonds is 8. The molecule has 6 heteroatoms. The number of hydrogen-bond donors (Lipinski definition) is 2. The van der Waals surface area contributed by atoms with E-state index in [0.717, 1.165) is 12.8 Å². The van der Waals surface area contributed by atoms with E-state index in [9.17, 15) is 14.4 Å². The Morgan fingerprint density at radius 1 is 1.35 bits per heavy atom. The van der Waals surface area contributed by atoms with E-state index in [4.69, 9.17) is 4.74 Å². The van der Waals surface area contributed by atoms with Gasteiger partial charge in [0.25, 0.3) is 5.91 Å². The van der Waals surface area contributed by atoms with Crippen LogP contribution in [0.2, 0.25) is 0 Å². The molecule has 6 nitrogen and oxygen atoms in total. The van der Waals surface area contributed by atoms with E-state index < -0.39 is 17.9 Å².